The standard InChI is InChI=1S/C26H33N3O2/c1-6-28(7-2)26-23(24(27-31-26)21-14-9-8-10-15-21)18-29(17-19(3)4)25(30)22-16-12-11-13-20(22)5/h8-16,19H,6-7,17-18H2,1-5H3. The van der Waals surface area contributed by atoms with Crippen LogP contribution in [0.15, 0.2) is 59.1 Å². The summed E-state index contributed by atoms with van der Waals surface area (Å²) in [6.45, 7) is 13.2. The fourth-order valence-electron chi connectivity index (χ4n) is 3.86. The minimum atomic E-state index is 0.0394. The lowest BCUT2D eigenvalue weighted by Crippen LogP contribution is -2.35. The number of hydrogen-bond acceptors (Lipinski definition) is 4. The number of hydrogen-bond donors (Lipinski definition) is 0. The number of amides is 1. The number of carbonyl (C=O) groups excluding carboxylic acids is 1. The molecule has 1 heterocycles. The van der Waals surface area contributed by atoms with Gasteiger partial charge < -0.3 is 14.3 Å². The fourth-order valence-corrected chi connectivity index (χ4v) is 3.86. The number of aromatic nitrogens is 1. The van der Waals surface area contributed by atoms with Crippen LogP contribution in [0.3, 0.4) is 0 Å². The number of aryl methyl sites for hydroxylation is 1. The van der Waals surface area contributed by atoms with Gasteiger partial charge in [0.05, 0.1) is 12.1 Å². The van der Waals surface area contributed by atoms with E-state index in [1.54, 1.807) is 0 Å². The molecule has 3 rings (SSSR count). The van der Waals surface area contributed by atoms with Gasteiger partial charge in [-0.2, -0.15) is 0 Å². The first kappa shape index (κ1) is 22.6. The van der Waals surface area contributed by atoms with Gasteiger partial charge in [0.2, 0.25) is 5.88 Å². The van der Waals surface area contributed by atoms with Crippen LogP contribution in [0.25, 0.3) is 11.3 Å². The molecule has 0 atom stereocenters. The van der Waals surface area contributed by atoms with Crippen LogP contribution in [0.2, 0.25) is 0 Å². The van der Waals surface area contributed by atoms with Gasteiger partial charge in [0.25, 0.3) is 5.91 Å². The summed E-state index contributed by atoms with van der Waals surface area (Å²) in [6.07, 6.45) is 0. The van der Waals surface area contributed by atoms with Crippen molar-refractivity contribution < 1.29 is 9.32 Å². The summed E-state index contributed by atoms with van der Waals surface area (Å²) in [6, 6.07) is 17.8. The molecule has 0 fully saturated rings. The van der Waals surface area contributed by atoms with Crippen LogP contribution in [-0.4, -0.2) is 35.6 Å². The van der Waals surface area contributed by atoms with Gasteiger partial charge in [-0.3, -0.25) is 4.79 Å². The van der Waals surface area contributed by atoms with Gasteiger partial charge in [-0.25, -0.2) is 0 Å². The van der Waals surface area contributed by atoms with Crippen molar-refractivity contribution in [1.29, 1.82) is 0 Å². The highest BCUT2D eigenvalue weighted by Gasteiger charge is 2.26. The summed E-state index contributed by atoms with van der Waals surface area (Å²) in [5.74, 6) is 1.12. The van der Waals surface area contributed by atoms with Crippen LogP contribution in [0.4, 0.5) is 5.88 Å². The van der Waals surface area contributed by atoms with E-state index in [9.17, 15) is 4.79 Å². The molecule has 1 amide bonds. The van der Waals surface area contributed by atoms with E-state index in [-0.39, 0.29) is 5.91 Å². The zero-order valence-electron chi connectivity index (χ0n) is 19.3. The maximum Gasteiger partial charge on any atom is 0.254 e. The number of benzene rings is 2. The van der Waals surface area contributed by atoms with Crippen molar-refractivity contribution in [2.75, 3.05) is 24.5 Å². The highest BCUT2D eigenvalue weighted by atomic mass is 16.5. The van der Waals surface area contributed by atoms with E-state index < -0.39 is 0 Å². The highest BCUT2D eigenvalue weighted by molar-refractivity contribution is 5.95. The van der Waals surface area contributed by atoms with Gasteiger partial charge in [-0.15, -0.1) is 0 Å². The van der Waals surface area contributed by atoms with Crippen molar-refractivity contribution in [3.8, 4) is 11.3 Å². The molecule has 0 radical (unpaired) electrons. The molecule has 31 heavy (non-hydrogen) atoms. The minimum absolute atomic E-state index is 0.0394. The Morgan fingerprint density at radius 1 is 1.00 bits per heavy atom. The van der Waals surface area contributed by atoms with E-state index in [1.807, 2.05) is 66.4 Å². The molecule has 1 aromatic heterocycles. The summed E-state index contributed by atoms with van der Waals surface area (Å²) in [5, 5.41) is 4.43. The Morgan fingerprint density at radius 3 is 2.26 bits per heavy atom. The average molecular weight is 420 g/mol. The number of anilines is 1. The van der Waals surface area contributed by atoms with E-state index in [4.69, 9.17) is 4.52 Å². The summed E-state index contributed by atoms with van der Waals surface area (Å²) in [4.78, 5) is 17.6. The third-order valence-electron chi connectivity index (χ3n) is 5.46. The van der Waals surface area contributed by atoms with Crippen LogP contribution < -0.4 is 4.90 Å². The SMILES string of the molecule is CCN(CC)c1onc(-c2ccccc2)c1CN(CC(C)C)C(=O)c1ccccc1C. The molecule has 164 valence electrons. The lowest BCUT2D eigenvalue weighted by molar-refractivity contribution is 0.0722. The zero-order chi connectivity index (χ0) is 22.4. The third-order valence-corrected chi connectivity index (χ3v) is 5.46. The number of rotatable bonds is 9. The van der Waals surface area contributed by atoms with E-state index >= 15 is 0 Å². The molecule has 5 nitrogen and oxygen atoms in total. The van der Waals surface area contributed by atoms with Crippen molar-refractivity contribution in [3.63, 3.8) is 0 Å². The lowest BCUT2D eigenvalue weighted by atomic mass is 10.0. The van der Waals surface area contributed by atoms with Crippen LogP contribution in [-0.2, 0) is 6.54 Å². The molecule has 0 unspecified atom stereocenters. The summed E-state index contributed by atoms with van der Waals surface area (Å²) < 4.78 is 5.85. The van der Waals surface area contributed by atoms with E-state index in [2.05, 4.69) is 37.8 Å². The highest BCUT2D eigenvalue weighted by Crippen LogP contribution is 2.33. The van der Waals surface area contributed by atoms with Crippen LogP contribution in [0.5, 0.6) is 0 Å². The molecule has 3 aromatic rings. The molecule has 0 aliphatic heterocycles. The summed E-state index contributed by atoms with van der Waals surface area (Å²) in [7, 11) is 0. The Labute approximate surface area is 185 Å². The zero-order valence-corrected chi connectivity index (χ0v) is 19.3. The van der Waals surface area contributed by atoms with Gasteiger partial charge >= 0.3 is 0 Å². The van der Waals surface area contributed by atoms with Crippen molar-refractivity contribution in [1.82, 2.24) is 10.1 Å². The van der Waals surface area contributed by atoms with E-state index in [0.717, 1.165) is 46.9 Å². The fraction of sp³-hybridized carbons (Fsp3) is 0.385. The number of carbonyl (C=O) groups is 1. The normalized spacial score (nSPS) is 11.0. The third kappa shape index (κ3) is 5.16. The minimum Gasteiger partial charge on any atom is -0.341 e. The second kappa shape index (κ2) is 10.3. The molecular weight excluding hydrogens is 386 g/mol. The van der Waals surface area contributed by atoms with Gasteiger partial charge in [-0.1, -0.05) is 67.5 Å². The smallest absolute Gasteiger partial charge is 0.254 e. The predicted octanol–water partition coefficient (Wildman–Crippen LogP) is 5.79. The van der Waals surface area contributed by atoms with Crippen LogP contribution in [0.1, 0.15) is 49.2 Å². The molecule has 0 spiro atoms. The lowest BCUT2D eigenvalue weighted by Gasteiger charge is -2.27. The molecule has 0 saturated heterocycles. The maximum atomic E-state index is 13.6. The first-order chi connectivity index (χ1) is 15.0. The van der Waals surface area contributed by atoms with Crippen LogP contribution in [0, 0.1) is 12.8 Å². The molecule has 0 N–H and O–H groups in total. The van der Waals surface area contributed by atoms with E-state index in [0.29, 0.717) is 19.0 Å². The van der Waals surface area contributed by atoms with Crippen molar-refractivity contribution in [2.24, 2.45) is 5.92 Å². The predicted molar refractivity (Wildman–Crippen MR) is 126 cm³/mol. The monoisotopic (exact) mass is 419 g/mol. The Morgan fingerprint density at radius 2 is 1.65 bits per heavy atom. The van der Waals surface area contributed by atoms with Gasteiger partial charge in [0.15, 0.2) is 0 Å². The molecule has 0 bridgehead atoms. The van der Waals surface area contributed by atoms with Crippen molar-refractivity contribution >= 4 is 11.8 Å². The summed E-state index contributed by atoms with van der Waals surface area (Å²) in [5.41, 5.74) is 4.47. The summed E-state index contributed by atoms with van der Waals surface area (Å²) >= 11 is 0. The van der Waals surface area contributed by atoms with Gasteiger partial charge in [0.1, 0.15) is 5.69 Å². The maximum absolute atomic E-state index is 13.6. The first-order valence-electron chi connectivity index (χ1n) is 11.1. The Kier molecular flexibility index (Phi) is 7.50. The quantitative estimate of drug-likeness (QED) is 0.440. The van der Waals surface area contributed by atoms with Gasteiger partial charge in [-0.05, 0) is 38.3 Å². The molecular formula is C26H33N3O2. The second-order valence-corrected chi connectivity index (χ2v) is 8.25. The Hall–Kier alpha value is -3.08. The second-order valence-electron chi connectivity index (χ2n) is 8.25. The molecule has 2 aromatic carbocycles. The van der Waals surface area contributed by atoms with Crippen molar-refractivity contribution in [3.05, 3.63) is 71.3 Å². The van der Waals surface area contributed by atoms with Crippen molar-refractivity contribution in [2.45, 2.75) is 41.2 Å². The molecule has 0 aliphatic rings. The Bertz CT molecular complexity index is 991. The molecule has 0 aliphatic carbocycles. The van der Waals surface area contributed by atoms with Gasteiger partial charge in [0, 0.05) is 30.8 Å². The average Bonchev–Trinajstić information content (AvgIpc) is 3.18. The topological polar surface area (TPSA) is 49.6 Å². The first-order valence-corrected chi connectivity index (χ1v) is 11.1. The Balaban J connectivity index is 2.06. The molecule has 0 saturated carbocycles. The number of nitrogens with zero attached hydrogens (tertiary/aromatic N) is 3. The molecule has 5 heteroatoms. The van der Waals surface area contributed by atoms with Crippen LogP contribution >= 0.6 is 0 Å². The largest absolute Gasteiger partial charge is 0.341 e. The van der Waals surface area contributed by atoms with E-state index in [1.165, 1.54) is 0 Å².